The van der Waals surface area contributed by atoms with Gasteiger partial charge < -0.3 is 20.7 Å². The Morgan fingerprint density at radius 1 is 1.48 bits per heavy atom. The second-order valence-corrected chi connectivity index (χ2v) is 7.76. The monoisotopic (exact) mass is 366 g/mol. The third kappa shape index (κ3) is 3.71. The number of nitrogens with one attached hydrogen (secondary N) is 1. The highest BCUT2D eigenvalue weighted by Gasteiger charge is 2.30. The predicted molar refractivity (Wildman–Crippen MR) is 94.1 cm³/mol. The molecular formula is C16H22N4O4S. The van der Waals surface area contributed by atoms with Gasteiger partial charge in [0.15, 0.2) is 0 Å². The Balaban J connectivity index is 1.76. The highest BCUT2D eigenvalue weighted by atomic mass is 32.2. The molecule has 2 aliphatic heterocycles. The lowest BCUT2D eigenvalue weighted by molar-refractivity contribution is 0.165. The standard InChI is InChI=1S/C16H22N4O4S/c1-2-18-16(21)20-8-4-6-12(20)9-24-13-7-3-5-11-10-25(22,23)19-15(17)14(11)13/h3,5,7,12H,2,4,6,8-10H2,1H3,(H2,17,19)(H,18,21)/t12-/m0/s1. The number of amidine groups is 1. The molecule has 2 aliphatic rings. The second kappa shape index (κ2) is 6.91. The van der Waals surface area contributed by atoms with Gasteiger partial charge in [0.25, 0.3) is 10.0 Å². The Kier molecular flexibility index (Phi) is 4.85. The molecule has 25 heavy (non-hydrogen) atoms. The number of likely N-dealkylation sites (tertiary alicyclic amines) is 1. The molecule has 3 N–H and O–H groups in total. The third-order valence-electron chi connectivity index (χ3n) is 4.34. The number of hydrogen-bond donors (Lipinski definition) is 2. The van der Waals surface area contributed by atoms with Gasteiger partial charge in [0, 0.05) is 13.1 Å². The van der Waals surface area contributed by atoms with Crippen molar-refractivity contribution in [3.8, 4) is 5.75 Å². The minimum atomic E-state index is -3.57. The Hall–Kier alpha value is -2.29. The van der Waals surface area contributed by atoms with E-state index in [9.17, 15) is 13.2 Å². The van der Waals surface area contributed by atoms with Crippen molar-refractivity contribution in [1.82, 2.24) is 10.2 Å². The molecule has 8 nitrogen and oxygen atoms in total. The molecule has 1 aromatic rings. The topological polar surface area (TPSA) is 114 Å². The van der Waals surface area contributed by atoms with Crippen LogP contribution in [0.4, 0.5) is 4.79 Å². The number of carbonyl (C=O) groups is 1. The lowest BCUT2D eigenvalue weighted by Crippen LogP contribution is -2.45. The highest BCUT2D eigenvalue weighted by molar-refractivity contribution is 7.89. The Morgan fingerprint density at radius 3 is 3.04 bits per heavy atom. The van der Waals surface area contributed by atoms with Gasteiger partial charge in [-0.2, -0.15) is 0 Å². The molecule has 1 saturated heterocycles. The van der Waals surface area contributed by atoms with Crippen LogP contribution < -0.4 is 15.8 Å². The molecule has 0 spiro atoms. The van der Waals surface area contributed by atoms with E-state index in [1.807, 2.05) is 6.92 Å². The predicted octanol–water partition coefficient (Wildman–Crippen LogP) is 0.808. The number of amides is 2. The molecule has 1 fully saturated rings. The molecule has 2 heterocycles. The Morgan fingerprint density at radius 2 is 2.28 bits per heavy atom. The van der Waals surface area contributed by atoms with E-state index in [1.54, 1.807) is 23.1 Å². The fourth-order valence-corrected chi connectivity index (χ4v) is 4.34. The number of hydrogen-bond acceptors (Lipinski definition) is 5. The van der Waals surface area contributed by atoms with E-state index in [0.29, 0.717) is 36.6 Å². The van der Waals surface area contributed by atoms with Gasteiger partial charge in [-0.05, 0) is 31.4 Å². The van der Waals surface area contributed by atoms with Crippen LogP contribution in [0.25, 0.3) is 0 Å². The number of ether oxygens (including phenoxy) is 1. The van der Waals surface area contributed by atoms with Crippen LogP contribution in [0.3, 0.4) is 0 Å². The van der Waals surface area contributed by atoms with Crippen LogP contribution in [0.15, 0.2) is 22.6 Å². The Labute approximate surface area is 147 Å². The molecular weight excluding hydrogens is 344 g/mol. The van der Waals surface area contributed by atoms with Gasteiger partial charge in [-0.1, -0.05) is 12.1 Å². The van der Waals surface area contributed by atoms with E-state index < -0.39 is 10.0 Å². The van der Waals surface area contributed by atoms with Gasteiger partial charge in [-0.3, -0.25) is 0 Å². The van der Waals surface area contributed by atoms with E-state index in [0.717, 1.165) is 12.8 Å². The lowest BCUT2D eigenvalue weighted by atomic mass is 10.1. The maximum absolute atomic E-state index is 12.1. The maximum Gasteiger partial charge on any atom is 0.317 e. The van der Waals surface area contributed by atoms with Gasteiger partial charge in [0.2, 0.25) is 0 Å². The fraction of sp³-hybridized carbons (Fsp3) is 0.500. The molecule has 0 saturated carbocycles. The van der Waals surface area contributed by atoms with Gasteiger partial charge in [-0.25, -0.2) is 13.2 Å². The molecule has 2 amide bonds. The van der Waals surface area contributed by atoms with Crippen LogP contribution in [0, 0.1) is 0 Å². The van der Waals surface area contributed by atoms with Gasteiger partial charge >= 0.3 is 6.03 Å². The summed E-state index contributed by atoms with van der Waals surface area (Å²) in [6.45, 7) is 3.49. The zero-order valence-corrected chi connectivity index (χ0v) is 14.9. The summed E-state index contributed by atoms with van der Waals surface area (Å²) in [6, 6.07) is 5.07. The number of nitrogens with zero attached hydrogens (tertiary/aromatic N) is 2. The summed E-state index contributed by atoms with van der Waals surface area (Å²) >= 11 is 0. The van der Waals surface area contributed by atoms with Crippen molar-refractivity contribution in [2.75, 3.05) is 19.7 Å². The summed E-state index contributed by atoms with van der Waals surface area (Å²) in [4.78, 5) is 13.9. The normalized spacial score (nSPS) is 21.4. The van der Waals surface area contributed by atoms with E-state index in [4.69, 9.17) is 10.5 Å². The van der Waals surface area contributed by atoms with Crippen LogP contribution in [-0.2, 0) is 15.8 Å². The molecule has 0 bridgehead atoms. The average Bonchev–Trinajstić information content (AvgIpc) is 3.00. The van der Waals surface area contributed by atoms with Crippen molar-refractivity contribution in [1.29, 1.82) is 0 Å². The number of urea groups is 1. The van der Waals surface area contributed by atoms with Crippen molar-refractivity contribution in [3.63, 3.8) is 0 Å². The average molecular weight is 366 g/mol. The minimum absolute atomic E-state index is 0.0205. The largest absolute Gasteiger partial charge is 0.491 e. The van der Waals surface area contributed by atoms with Crippen LogP contribution in [0.2, 0.25) is 0 Å². The van der Waals surface area contributed by atoms with Crippen molar-refractivity contribution >= 4 is 21.9 Å². The van der Waals surface area contributed by atoms with Crippen molar-refractivity contribution in [2.24, 2.45) is 10.1 Å². The molecule has 0 aliphatic carbocycles. The summed E-state index contributed by atoms with van der Waals surface area (Å²) in [5.41, 5.74) is 6.95. The second-order valence-electron chi connectivity index (χ2n) is 6.13. The number of carbonyl (C=O) groups excluding carboxylic acids is 1. The number of sulfonamides is 1. The minimum Gasteiger partial charge on any atom is -0.491 e. The first-order valence-electron chi connectivity index (χ1n) is 8.29. The molecule has 1 atom stereocenters. The van der Waals surface area contributed by atoms with Crippen LogP contribution in [0.5, 0.6) is 5.75 Å². The molecule has 3 rings (SSSR count). The number of benzene rings is 1. The van der Waals surface area contributed by atoms with Gasteiger partial charge in [0.1, 0.15) is 18.2 Å². The zero-order valence-electron chi connectivity index (χ0n) is 14.1. The first-order valence-corrected chi connectivity index (χ1v) is 9.90. The lowest BCUT2D eigenvalue weighted by Gasteiger charge is -2.26. The summed E-state index contributed by atoms with van der Waals surface area (Å²) in [5.74, 6) is 0.259. The van der Waals surface area contributed by atoms with E-state index in [2.05, 4.69) is 9.71 Å². The fourth-order valence-electron chi connectivity index (χ4n) is 3.25. The van der Waals surface area contributed by atoms with Crippen molar-refractivity contribution in [3.05, 3.63) is 29.3 Å². The molecule has 1 aromatic carbocycles. The molecule has 0 aromatic heterocycles. The highest BCUT2D eigenvalue weighted by Crippen LogP contribution is 2.29. The molecule has 0 radical (unpaired) electrons. The Bertz CT molecular complexity index is 806. The van der Waals surface area contributed by atoms with Crippen LogP contribution in [0.1, 0.15) is 30.9 Å². The summed E-state index contributed by atoms with van der Waals surface area (Å²) in [6.07, 6.45) is 1.80. The van der Waals surface area contributed by atoms with E-state index in [-0.39, 0.29) is 23.7 Å². The third-order valence-corrected chi connectivity index (χ3v) is 5.49. The molecule has 136 valence electrons. The van der Waals surface area contributed by atoms with Gasteiger partial charge in [-0.15, -0.1) is 4.40 Å². The van der Waals surface area contributed by atoms with Crippen LogP contribution in [-0.4, -0.2) is 50.9 Å². The van der Waals surface area contributed by atoms with E-state index in [1.165, 1.54) is 0 Å². The van der Waals surface area contributed by atoms with E-state index >= 15 is 0 Å². The quantitative estimate of drug-likeness (QED) is 0.818. The summed E-state index contributed by atoms with van der Waals surface area (Å²) in [7, 11) is -3.57. The summed E-state index contributed by atoms with van der Waals surface area (Å²) < 4.78 is 32.9. The van der Waals surface area contributed by atoms with Gasteiger partial charge in [0.05, 0.1) is 17.4 Å². The SMILES string of the molecule is CCNC(=O)N1CCC[C@H]1COc1cccc2c1C(N)=NS(=O)(=O)C2. The number of nitrogens with two attached hydrogens (primary N) is 1. The number of rotatable bonds is 4. The smallest absolute Gasteiger partial charge is 0.317 e. The maximum atomic E-state index is 12.1. The first-order chi connectivity index (χ1) is 11.9. The summed E-state index contributed by atoms with van der Waals surface area (Å²) in [5, 5.41) is 2.81. The van der Waals surface area contributed by atoms with Crippen molar-refractivity contribution in [2.45, 2.75) is 31.6 Å². The van der Waals surface area contributed by atoms with Crippen molar-refractivity contribution < 1.29 is 17.9 Å². The zero-order chi connectivity index (χ0) is 18.0. The van der Waals surface area contributed by atoms with Crippen LogP contribution >= 0.6 is 0 Å². The number of fused-ring (bicyclic) bond motifs is 1. The first kappa shape index (κ1) is 17.5. The molecule has 9 heteroatoms. The molecule has 0 unspecified atom stereocenters.